The molecule has 10 aromatic carbocycles. The summed E-state index contributed by atoms with van der Waals surface area (Å²) in [5.74, 6) is 1.74. The number of hydrogen-bond acceptors (Lipinski definition) is 2. The minimum absolute atomic E-state index is 0.462. The second kappa shape index (κ2) is 13.2. The zero-order valence-electron chi connectivity index (χ0n) is 34.9. The highest BCUT2D eigenvalue weighted by Crippen LogP contribution is 2.65. The summed E-state index contributed by atoms with van der Waals surface area (Å²) in [4.78, 5) is 2.42. The van der Waals surface area contributed by atoms with Crippen molar-refractivity contribution in [3.05, 3.63) is 281 Å². The Labute approximate surface area is 373 Å². The van der Waals surface area contributed by atoms with Gasteiger partial charge >= 0.3 is 0 Å². The lowest BCUT2D eigenvalue weighted by Gasteiger charge is -2.40. The highest BCUT2D eigenvalue weighted by Gasteiger charge is 2.53. The van der Waals surface area contributed by atoms with Gasteiger partial charge in [0.25, 0.3) is 0 Å². The third-order valence-corrected chi connectivity index (χ3v) is 14.6. The molecule has 2 nitrogen and oxygen atoms in total. The molecular weight excluding hydrogens is 775 g/mol. The van der Waals surface area contributed by atoms with Crippen LogP contribution < -0.4 is 9.64 Å². The van der Waals surface area contributed by atoms with Crippen molar-refractivity contribution in [1.29, 1.82) is 0 Å². The predicted molar refractivity (Wildman–Crippen MR) is 260 cm³/mol. The standard InChI is InChI=1S/C62H39NO/c1-2-16-40(17-3-1)41-30-32-42(33-31-41)63(43-34-36-50-49-22-8-11-25-53(49)61(58(50)38-43)51-23-9-4-18-45(51)46-19-5-10-24-52(46)61)44-35-37-57-60(39-44)64-59-29-15-14-28-56(59)62(57)54-26-12-6-20-47(54)48-21-7-13-27-55(48)62/h1-39H. The quantitative estimate of drug-likeness (QED) is 0.175. The van der Waals surface area contributed by atoms with Crippen molar-refractivity contribution in [2.75, 3.05) is 4.90 Å². The number of rotatable bonds is 4. The van der Waals surface area contributed by atoms with Gasteiger partial charge in [-0.2, -0.15) is 0 Å². The molecule has 64 heavy (non-hydrogen) atoms. The van der Waals surface area contributed by atoms with Crippen LogP contribution in [-0.4, -0.2) is 0 Å². The molecule has 1 heterocycles. The molecule has 14 rings (SSSR count). The largest absolute Gasteiger partial charge is 0.457 e. The zero-order valence-corrected chi connectivity index (χ0v) is 34.9. The number of anilines is 3. The molecule has 0 saturated carbocycles. The lowest BCUT2D eigenvalue weighted by atomic mass is 9.66. The normalized spacial score (nSPS) is 14.3. The smallest absolute Gasteiger partial charge is 0.134 e. The summed E-state index contributed by atoms with van der Waals surface area (Å²) in [6.45, 7) is 0. The van der Waals surface area contributed by atoms with E-state index in [1.165, 1.54) is 83.5 Å². The third-order valence-electron chi connectivity index (χ3n) is 14.6. The summed E-state index contributed by atoms with van der Waals surface area (Å²) in [6.07, 6.45) is 0. The number of benzene rings is 10. The molecule has 0 aromatic heterocycles. The molecule has 0 bridgehead atoms. The van der Waals surface area contributed by atoms with E-state index in [9.17, 15) is 0 Å². The molecule has 298 valence electrons. The van der Waals surface area contributed by atoms with E-state index < -0.39 is 10.8 Å². The number of nitrogens with zero attached hydrogens (tertiary/aromatic N) is 1. The van der Waals surface area contributed by atoms with Crippen LogP contribution in [0.3, 0.4) is 0 Å². The van der Waals surface area contributed by atoms with Gasteiger partial charge in [-0.1, -0.05) is 194 Å². The molecule has 0 N–H and O–H groups in total. The highest BCUT2D eigenvalue weighted by molar-refractivity contribution is 5.97. The lowest BCUT2D eigenvalue weighted by molar-refractivity contribution is 0.436. The molecule has 1 aliphatic heterocycles. The first kappa shape index (κ1) is 35.4. The summed E-state index contributed by atoms with van der Waals surface area (Å²) in [7, 11) is 0. The maximum absolute atomic E-state index is 7.08. The zero-order chi connectivity index (χ0) is 42.0. The Morgan fingerprint density at radius 2 is 0.625 bits per heavy atom. The summed E-state index contributed by atoms with van der Waals surface area (Å²) in [5, 5.41) is 0. The van der Waals surface area contributed by atoms with Gasteiger partial charge in [0.1, 0.15) is 11.5 Å². The van der Waals surface area contributed by atoms with Crippen LogP contribution in [0.15, 0.2) is 237 Å². The van der Waals surface area contributed by atoms with E-state index >= 15 is 0 Å². The molecule has 3 aliphatic carbocycles. The van der Waals surface area contributed by atoms with Gasteiger partial charge in [-0.3, -0.25) is 0 Å². The Morgan fingerprint density at radius 3 is 1.17 bits per heavy atom. The Hall–Kier alpha value is -8.20. The van der Waals surface area contributed by atoms with E-state index in [0.29, 0.717) is 0 Å². The second-order valence-corrected chi connectivity index (χ2v) is 17.5. The van der Waals surface area contributed by atoms with Gasteiger partial charge in [-0.25, -0.2) is 0 Å². The maximum atomic E-state index is 7.08. The lowest BCUT2D eigenvalue weighted by Crippen LogP contribution is -2.32. The summed E-state index contributed by atoms with van der Waals surface area (Å²) in [5.41, 5.74) is 22.5. The van der Waals surface area contributed by atoms with Crippen molar-refractivity contribution in [3.8, 4) is 56.0 Å². The van der Waals surface area contributed by atoms with Crippen molar-refractivity contribution < 1.29 is 4.74 Å². The van der Waals surface area contributed by atoms with Gasteiger partial charge < -0.3 is 9.64 Å². The minimum atomic E-state index is -0.535. The van der Waals surface area contributed by atoms with Crippen LogP contribution in [0.1, 0.15) is 44.5 Å². The maximum Gasteiger partial charge on any atom is 0.134 e. The third kappa shape index (κ3) is 4.54. The van der Waals surface area contributed by atoms with Crippen molar-refractivity contribution >= 4 is 17.1 Å². The topological polar surface area (TPSA) is 12.5 Å². The fraction of sp³-hybridized carbons (Fsp3) is 0.0323. The molecule has 4 aliphatic rings. The van der Waals surface area contributed by atoms with E-state index in [1.807, 2.05) is 0 Å². The van der Waals surface area contributed by atoms with Crippen LogP contribution in [0.25, 0.3) is 44.5 Å². The number of fused-ring (bicyclic) bond motifs is 19. The molecule has 0 fully saturated rings. The van der Waals surface area contributed by atoms with Gasteiger partial charge in [0, 0.05) is 34.3 Å². The Morgan fingerprint density at radius 1 is 0.250 bits per heavy atom. The molecule has 10 aromatic rings. The molecule has 0 saturated heterocycles. The average molecular weight is 814 g/mol. The van der Waals surface area contributed by atoms with Crippen LogP contribution in [0.2, 0.25) is 0 Å². The van der Waals surface area contributed by atoms with E-state index in [-0.39, 0.29) is 0 Å². The second-order valence-electron chi connectivity index (χ2n) is 17.5. The van der Waals surface area contributed by atoms with Gasteiger partial charge in [0.2, 0.25) is 0 Å². The van der Waals surface area contributed by atoms with Crippen LogP contribution >= 0.6 is 0 Å². The highest BCUT2D eigenvalue weighted by atomic mass is 16.5. The fourth-order valence-electron chi connectivity index (χ4n) is 12.1. The minimum Gasteiger partial charge on any atom is -0.457 e. The molecule has 0 amide bonds. The van der Waals surface area contributed by atoms with Crippen LogP contribution in [-0.2, 0) is 10.8 Å². The van der Waals surface area contributed by atoms with E-state index in [1.54, 1.807) is 0 Å². The molecule has 2 heteroatoms. The van der Waals surface area contributed by atoms with Gasteiger partial charge in [-0.05, 0) is 114 Å². The predicted octanol–water partition coefficient (Wildman–Crippen LogP) is 15.6. The van der Waals surface area contributed by atoms with Crippen LogP contribution in [0, 0.1) is 0 Å². The first-order chi connectivity index (χ1) is 31.7. The van der Waals surface area contributed by atoms with Gasteiger partial charge in [0.05, 0.1) is 10.8 Å². The fourth-order valence-corrected chi connectivity index (χ4v) is 12.1. The average Bonchev–Trinajstić information content (AvgIpc) is 3.95. The molecule has 2 spiro atoms. The molecule has 0 atom stereocenters. The van der Waals surface area contributed by atoms with E-state index in [2.05, 4.69) is 241 Å². The summed E-state index contributed by atoms with van der Waals surface area (Å²) in [6, 6.07) is 87.3. The van der Waals surface area contributed by atoms with Crippen LogP contribution in [0.4, 0.5) is 17.1 Å². The SMILES string of the molecule is c1ccc(-c2ccc(N(c3ccc4c(c3)Oc3ccccc3C43c4ccccc4-c4ccccc43)c3ccc4c(c3)C3(c5ccccc5-c5ccccc53)c3ccccc3-4)cc2)cc1. The van der Waals surface area contributed by atoms with Crippen LogP contribution in [0.5, 0.6) is 11.5 Å². The summed E-state index contributed by atoms with van der Waals surface area (Å²) < 4.78 is 7.08. The van der Waals surface area contributed by atoms with Crippen molar-refractivity contribution in [2.45, 2.75) is 10.8 Å². The van der Waals surface area contributed by atoms with E-state index in [0.717, 1.165) is 34.1 Å². The first-order valence-electron chi connectivity index (χ1n) is 22.3. The Bertz CT molecular complexity index is 3440. The molecule has 0 radical (unpaired) electrons. The molecule has 0 unspecified atom stereocenters. The van der Waals surface area contributed by atoms with Gasteiger partial charge in [0.15, 0.2) is 0 Å². The van der Waals surface area contributed by atoms with Gasteiger partial charge in [-0.15, -0.1) is 0 Å². The first-order valence-corrected chi connectivity index (χ1v) is 22.3. The Kier molecular flexibility index (Phi) is 7.28. The summed E-state index contributed by atoms with van der Waals surface area (Å²) >= 11 is 0. The monoisotopic (exact) mass is 813 g/mol. The number of para-hydroxylation sites is 1. The van der Waals surface area contributed by atoms with Crippen molar-refractivity contribution in [2.24, 2.45) is 0 Å². The number of hydrogen-bond donors (Lipinski definition) is 0. The van der Waals surface area contributed by atoms with Crippen molar-refractivity contribution in [3.63, 3.8) is 0 Å². The van der Waals surface area contributed by atoms with Crippen molar-refractivity contribution in [1.82, 2.24) is 0 Å². The molecular formula is C62H39NO. The van der Waals surface area contributed by atoms with E-state index in [4.69, 9.17) is 4.74 Å². The Balaban J connectivity index is 1.01. The number of ether oxygens (including phenoxy) is 1.